The van der Waals surface area contributed by atoms with Crippen LogP contribution >= 0.6 is 11.6 Å². The van der Waals surface area contributed by atoms with E-state index in [9.17, 15) is 9.59 Å². The van der Waals surface area contributed by atoms with Crippen molar-refractivity contribution in [3.63, 3.8) is 0 Å². The molecule has 6 nitrogen and oxygen atoms in total. The quantitative estimate of drug-likeness (QED) is 0.880. The monoisotopic (exact) mass is 306 g/mol. The fourth-order valence-corrected chi connectivity index (χ4v) is 2.06. The van der Waals surface area contributed by atoms with Crippen LogP contribution in [0.25, 0.3) is 0 Å². The molecule has 0 atom stereocenters. The summed E-state index contributed by atoms with van der Waals surface area (Å²) in [6.45, 7) is 4.98. The fraction of sp³-hybridized carbons (Fsp3) is 0.286. The summed E-state index contributed by atoms with van der Waals surface area (Å²) < 4.78 is 1.39. The summed E-state index contributed by atoms with van der Waals surface area (Å²) in [5.74, 6) is -0.437. The highest BCUT2D eigenvalue weighted by Gasteiger charge is 2.15. The molecule has 0 aliphatic carbocycles. The van der Waals surface area contributed by atoms with Gasteiger partial charge in [0.1, 0.15) is 6.54 Å². The van der Waals surface area contributed by atoms with Gasteiger partial charge in [0.2, 0.25) is 5.91 Å². The molecule has 1 amide bonds. The van der Waals surface area contributed by atoms with Crippen molar-refractivity contribution in [2.24, 2.45) is 0 Å². The van der Waals surface area contributed by atoms with Gasteiger partial charge in [-0.2, -0.15) is 0 Å². The number of halogens is 1. The van der Waals surface area contributed by atoms with Crippen LogP contribution in [0.1, 0.15) is 28.7 Å². The minimum atomic E-state index is -0.261. The van der Waals surface area contributed by atoms with Crippen molar-refractivity contribution in [3.8, 4) is 0 Å². The van der Waals surface area contributed by atoms with Gasteiger partial charge in [0.05, 0.1) is 5.69 Å². The fourth-order valence-electron chi connectivity index (χ4n) is 1.89. The van der Waals surface area contributed by atoms with Gasteiger partial charge in [0.25, 0.3) is 0 Å². The molecule has 1 aromatic carbocycles. The largest absolute Gasteiger partial charge is 0.324 e. The van der Waals surface area contributed by atoms with Crippen LogP contribution in [0.3, 0.4) is 0 Å². The van der Waals surface area contributed by atoms with Crippen molar-refractivity contribution in [2.45, 2.75) is 27.3 Å². The average molecular weight is 307 g/mol. The minimum absolute atomic E-state index is 0.0158. The lowest BCUT2D eigenvalue weighted by atomic mass is 10.2. The smallest absolute Gasteiger partial charge is 0.246 e. The van der Waals surface area contributed by atoms with Gasteiger partial charge in [-0.3, -0.25) is 9.59 Å². The molecule has 0 fully saturated rings. The Morgan fingerprint density at radius 3 is 2.67 bits per heavy atom. The van der Waals surface area contributed by atoms with Gasteiger partial charge in [-0.15, -0.1) is 5.10 Å². The van der Waals surface area contributed by atoms with Gasteiger partial charge < -0.3 is 5.32 Å². The van der Waals surface area contributed by atoms with Crippen molar-refractivity contribution in [1.82, 2.24) is 15.0 Å². The van der Waals surface area contributed by atoms with Crippen LogP contribution in [0.15, 0.2) is 18.2 Å². The molecule has 2 aromatic rings. The van der Waals surface area contributed by atoms with Gasteiger partial charge in [-0.05, 0) is 31.5 Å². The molecular formula is C14H15ClN4O2. The number of carbonyl (C=O) groups is 2. The number of anilines is 1. The Labute approximate surface area is 127 Å². The maximum atomic E-state index is 12.0. The van der Waals surface area contributed by atoms with Crippen LogP contribution in [0, 0.1) is 13.8 Å². The summed E-state index contributed by atoms with van der Waals surface area (Å²) in [5, 5.41) is 10.9. The molecule has 0 radical (unpaired) electrons. The number of nitrogens with one attached hydrogen (secondary N) is 1. The molecule has 0 saturated carbocycles. The number of hydrogen-bond donors (Lipinski definition) is 1. The van der Waals surface area contributed by atoms with E-state index in [2.05, 4.69) is 15.6 Å². The van der Waals surface area contributed by atoms with E-state index in [4.69, 9.17) is 11.6 Å². The van der Waals surface area contributed by atoms with Gasteiger partial charge >= 0.3 is 0 Å². The van der Waals surface area contributed by atoms with Crippen LogP contribution in [0.4, 0.5) is 5.69 Å². The second-order valence-corrected chi connectivity index (χ2v) is 5.18. The first-order chi connectivity index (χ1) is 9.88. The van der Waals surface area contributed by atoms with Crippen LogP contribution in [-0.4, -0.2) is 26.7 Å². The molecule has 0 bridgehead atoms. The SMILES string of the molecule is CC(=O)c1nnn(CC(=O)Nc2cc(Cl)ccc2C)c1C. The molecule has 0 spiro atoms. The van der Waals surface area contributed by atoms with E-state index in [0.717, 1.165) is 5.56 Å². The molecule has 1 heterocycles. The number of benzene rings is 1. The average Bonchev–Trinajstić information content (AvgIpc) is 2.75. The third kappa shape index (κ3) is 3.46. The summed E-state index contributed by atoms with van der Waals surface area (Å²) in [6.07, 6.45) is 0. The third-order valence-corrected chi connectivity index (χ3v) is 3.32. The third-order valence-electron chi connectivity index (χ3n) is 3.08. The molecule has 0 aliphatic rings. The number of rotatable bonds is 4. The lowest BCUT2D eigenvalue weighted by molar-refractivity contribution is -0.117. The summed E-state index contributed by atoms with van der Waals surface area (Å²) in [7, 11) is 0. The van der Waals surface area contributed by atoms with E-state index in [1.807, 2.05) is 13.0 Å². The molecule has 2 rings (SSSR count). The first-order valence-corrected chi connectivity index (χ1v) is 6.73. The minimum Gasteiger partial charge on any atom is -0.324 e. The van der Waals surface area contributed by atoms with E-state index in [-0.39, 0.29) is 23.9 Å². The summed E-state index contributed by atoms with van der Waals surface area (Å²) in [5.41, 5.74) is 2.41. The zero-order chi connectivity index (χ0) is 15.6. The van der Waals surface area contributed by atoms with Gasteiger partial charge in [-0.25, -0.2) is 4.68 Å². The zero-order valence-corrected chi connectivity index (χ0v) is 12.7. The Hall–Kier alpha value is -2.21. The Balaban J connectivity index is 2.12. The van der Waals surface area contributed by atoms with Crippen LogP contribution in [0.2, 0.25) is 5.02 Å². The van der Waals surface area contributed by atoms with E-state index < -0.39 is 0 Å². The Bertz CT molecular complexity index is 709. The number of Topliss-reactive ketones (excluding diaryl/α,β-unsaturated/α-hetero) is 1. The topological polar surface area (TPSA) is 76.9 Å². The lowest BCUT2D eigenvalue weighted by Crippen LogP contribution is -2.21. The maximum absolute atomic E-state index is 12.0. The summed E-state index contributed by atoms with van der Waals surface area (Å²) in [6, 6.07) is 5.27. The molecule has 7 heteroatoms. The molecular weight excluding hydrogens is 292 g/mol. The number of amides is 1. The van der Waals surface area contributed by atoms with Crippen molar-refractivity contribution in [2.75, 3.05) is 5.32 Å². The first-order valence-electron chi connectivity index (χ1n) is 6.35. The summed E-state index contributed by atoms with van der Waals surface area (Å²) >= 11 is 5.91. The van der Waals surface area contributed by atoms with Gasteiger partial charge in [0.15, 0.2) is 11.5 Å². The molecule has 110 valence electrons. The van der Waals surface area contributed by atoms with Crippen molar-refractivity contribution < 1.29 is 9.59 Å². The lowest BCUT2D eigenvalue weighted by Gasteiger charge is -2.09. The van der Waals surface area contributed by atoms with Crippen molar-refractivity contribution in [3.05, 3.63) is 40.2 Å². The van der Waals surface area contributed by atoms with Crippen molar-refractivity contribution in [1.29, 1.82) is 0 Å². The molecule has 0 unspecified atom stereocenters. The summed E-state index contributed by atoms with van der Waals surface area (Å²) in [4.78, 5) is 23.4. The number of nitrogens with zero attached hydrogens (tertiary/aromatic N) is 3. The number of aryl methyl sites for hydroxylation is 1. The maximum Gasteiger partial charge on any atom is 0.246 e. The second-order valence-electron chi connectivity index (χ2n) is 4.74. The van der Waals surface area contributed by atoms with Crippen molar-refractivity contribution >= 4 is 29.0 Å². The van der Waals surface area contributed by atoms with Crippen LogP contribution in [0.5, 0.6) is 0 Å². The molecule has 0 saturated heterocycles. The van der Waals surface area contributed by atoms with Crippen LogP contribution < -0.4 is 5.32 Å². The molecule has 21 heavy (non-hydrogen) atoms. The second kappa shape index (κ2) is 6.05. The normalized spacial score (nSPS) is 10.5. The number of ketones is 1. The van der Waals surface area contributed by atoms with Crippen LogP contribution in [-0.2, 0) is 11.3 Å². The Morgan fingerprint density at radius 1 is 1.33 bits per heavy atom. The van der Waals surface area contributed by atoms with E-state index in [0.29, 0.717) is 16.4 Å². The Morgan fingerprint density at radius 2 is 2.05 bits per heavy atom. The first kappa shape index (κ1) is 15.2. The van der Waals surface area contributed by atoms with E-state index >= 15 is 0 Å². The standard InChI is InChI=1S/C14H15ClN4O2/c1-8-4-5-11(15)6-12(8)16-13(21)7-19-9(2)14(10(3)20)17-18-19/h4-6H,7H2,1-3H3,(H,16,21). The zero-order valence-electron chi connectivity index (χ0n) is 12.0. The molecule has 1 aromatic heterocycles. The molecule has 0 aliphatic heterocycles. The number of hydrogen-bond acceptors (Lipinski definition) is 4. The van der Waals surface area contributed by atoms with E-state index in [1.165, 1.54) is 11.6 Å². The highest BCUT2D eigenvalue weighted by Crippen LogP contribution is 2.20. The highest BCUT2D eigenvalue weighted by atomic mass is 35.5. The van der Waals surface area contributed by atoms with Gasteiger partial charge in [-0.1, -0.05) is 22.9 Å². The number of carbonyl (C=O) groups excluding carboxylic acids is 2. The molecule has 1 N–H and O–H groups in total. The number of aromatic nitrogens is 3. The van der Waals surface area contributed by atoms with E-state index in [1.54, 1.807) is 19.1 Å². The predicted molar refractivity (Wildman–Crippen MR) is 79.6 cm³/mol. The highest BCUT2D eigenvalue weighted by molar-refractivity contribution is 6.31. The predicted octanol–water partition coefficient (Wildman–Crippen LogP) is 2.39. The Kier molecular flexibility index (Phi) is 4.37. The van der Waals surface area contributed by atoms with Gasteiger partial charge in [0, 0.05) is 17.6 Å².